The van der Waals surface area contributed by atoms with Crippen LogP contribution in [0.4, 0.5) is 17.1 Å². The van der Waals surface area contributed by atoms with Gasteiger partial charge in [-0.15, -0.1) is 0 Å². The Morgan fingerprint density at radius 2 is 1.52 bits per heavy atom. The van der Waals surface area contributed by atoms with Gasteiger partial charge >= 0.3 is 0 Å². The molecule has 0 fully saturated rings. The summed E-state index contributed by atoms with van der Waals surface area (Å²) in [6.45, 7) is 5.15. The number of likely N-dealkylation sites (N-methyl/N-ethyl adjacent to an activating group) is 1. The number of rotatable bonds is 10. The molecule has 2 aromatic rings. The average molecular weight is 367 g/mol. The van der Waals surface area contributed by atoms with Gasteiger partial charge in [0.25, 0.3) is 0 Å². The summed E-state index contributed by atoms with van der Waals surface area (Å²) in [6.07, 6.45) is 3.56. The van der Waals surface area contributed by atoms with Crippen molar-refractivity contribution >= 4 is 28.9 Å². The summed E-state index contributed by atoms with van der Waals surface area (Å²) in [4.78, 5) is 26.4. The quantitative estimate of drug-likeness (QED) is 0.600. The summed E-state index contributed by atoms with van der Waals surface area (Å²) >= 11 is 0. The maximum Gasteiger partial charge on any atom is 0.243 e. The van der Waals surface area contributed by atoms with Crippen molar-refractivity contribution in [2.24, 2.45) is 0 Å². The molecule has 0 unspecified atom stereocenters. The van der Waals surface area contributed by atoms with Crippen molar-refractivity contribution in [2.75, 3.05) is 28.6 Å². The van der Waals surface area contributed by atoms with Gasteiger partial charge in [0, 0.05) is 30.0 Å². The lowest BCUT2D eigenvalue weighted by molar-refractivity contribution is -0.116. The first-order chi connectivity index (χ1) is 13.1. The lowest BCUT2D eigenvalue weighted by Crippen LogP contribution is -2.33. The van der Waals surface area contributed by atoms with E-state index in [4.69, 9.17) is 0 Å². The molecule has 0 aliphatic carbocycles. The first kappa shape index (κ1) is 20.5. The fourth-order valence-electron chi connectivity index (χ4n) is 2.83. The van der Waals surface area contributed by atoms with Crippen molar-refractivity contribution in [3.8, 4) is 0 Å². The van der Waals surface area contributed by atoms with E-state index in [0.29, 0.717) is 17.8 Å². The number of carbonyl (C=O) groups excluding carboxylic acids is 2. The Hall–Kier alpha value is -2.82. The largest absolute Gasteiger partial charge is 0.362 e. The Bertz CT molecular complexity index is 731. The molecule has 5 nitrogen and oxygen atoms in total. The maximum atomic E-state index is 12.4. The highest BCUT2D eigenvalue weighted by atomic mass is 16.2. The highest BCUT2D eigenvalue weighted by Gasteiger charge is 2.10. The molecule has 0 aromatic heterocycles. The van der Waals surface area contributed by atoms with Crippen LogP contribution in [0.5, 0.6) is 0 Å². The first-order valence-electron chi connectivity index (χ1n) is 9.62. The third-order valence-electron chi connectivity index (χ3n) is 4.28. The van der Waals surface area contributed by atoms with E-state index in [1.807, 2.05) is 60.4 Å². The summed E-state index contributed by atoms with van der Waals surface area (Å²) in [7, 11) is 0. The number of nitrogens with one attached hydrogen (secondary N) is 2. The predicted molar refractivity (Wildman–Crippen MR) is 112 cm³/mol. The number of benzene rings is 2. The molecule has 5 heteroatoms. The fourth-order valence-corrected chi connectivity index (χ4v) is 2.83. The third-order valence-corrected chi connectivity index (χ3v) is 4.28. The minimum atomic E-state index is -0.0906. The van der Waals surface area contributed by atoms with Crippen LogP contribution in [-0.4, -0.2) is 24.9 Å². The van der Waals surface area contributed by atoms with Gasteiger partial charge in [0.05, 0.1) is 6.54 Å². The van der Waals surface area contributed by atoms with E-state index in [0.717, 1.165) is 31.5 Å². The molecule has 27 heavy (non-hydrogen) atoms. The summed E-state index contributed by atoms with van der Waals surface area (Å²) in [6, 6.07) is 17.1. The van der Waals surface area contributed by atoms with Crippen LogP contribution in [0, 0.1) is 0 Å². The first-order valence-corrected chi connectivity index (χ1v) is 9.62. The minimum absolute atomic E-state index is 0.00756. The summed E-state index contributed by atoms with van der Waals surface area (Å²) in [5.74, 6) is -0.0831. The number of unbranched alkanes of at least 4 members (excludes halogenated alkanes) is 2. The zero-order valence-corrected chi connectivity index (χ0v) is 16.2. The zero-order valence-electron chi connectivity index (χ0n) is 16.2. The molecule has 0 spiro atoms. The van der Waals surface area contributed by atoms with Gasteiger partial charge in [-0.1, -0.05) is 44.0 Å². The molecular formula is C22H29N3O2. The van der Waals surface area contributed by atoms with Crippen LogP contribution in [-0.2, 0) is 9.59 Å². The van der Waals surface area contributed by atoms with E-state index in [1.165, 1.54) is 0 Å². The standard InChI is InChI=1S/C22H29N3O2/c1-3-5-7-15-21(26)23-18-11-10-12-19(16-18)24-22(27)17-25(4-2)20-13-8-6-9-14-20/h6,8-14,16H,3-5,7,15,17H2,1-2H3,(H,23,26)(H,24,27). The van der Waals surface area contributed by atoms with Gasteiger partial charge in [0.15, 0.2) is 0 Å². The van der Waals surface area contributed by atoms with Crippen molar-refractivity contribution in [1.29, 1.82) is 0 Å². The number of hydrogen-bond donors (Lipinski definition) is 2. The second-order valence-electron chi connectivity index (χ2n) is 6.48. The van der Waals surface area contributed by atoms with Crippen molar-refractivity contribution in [2.45, 2.75) is 39.5 Å². The van der Waals surface area contributed by atoms with Gasteiger partial charge in [-0.2, -0.15) is 0 Å². The molecule has 2 aromatic carbocycles. The Labute approximate surface area is 161 Å². The lowest BCUT2D eigenvalue weighted by Gasteiger charge is -2.22. The third kappa shape index (κ3) is 7.13. The van der Waals surface area contributed by atoms with Crippen molar-refractivity contribution < 1.29 is 9.59 Å². The zero-order chi connectivity index (χ0) is 19.5. The Kier molecular flexibility index (Phi) is 8.36. The summed E-state index contributed by atoms with van der Waals surface area (Å²) < 4.78 is 0. The van der Waals surface area contributed by atoms with Crippen LogP contribution >= 0.6 is 0 Å². The van der Waals surface area contributed by atoms with Crippen molar-refractivity contribution in [3.63, 3.8) is 0 Å². The second-order valence-corrected chi connectivity index (χ2v) is 6.48. The molecule has 0 aliphatic rings. The fraction of sp³-hybridized carbons (Fsp3) is 0.364. The highest BCUT2D eigenvalue weighted by Crippen LogP contribution is 2.17. The Morgan fingerprint density at radius 1 is 0.852 bits per heavy atom. The van der Waals surface area contributed by atoms with E-state index < -0.39 is 0 Å². The van der Waals surface area contributed by atoms with Gasteiger partial charge in [-0.3, -0.25) is 9.59 Å². The number of para-hydroxylation sites is 1. The maximum absolute atomic E-state index is 12.4. The van der Waals surface area contributed by atoms with Crippen LogP contribution in [0.15, 0.2) is 54.6 Å². The van der Waals surface area contributed by atoms with Crippen LogP contribution in [0.1, 0.15) is 39.5 Å². The molecule has 0 radical (unpaired) electrons. The van der Waals surface area contributed by atoms with E-state index in [1.54, 1.807) is 6.07 Å². The van der Waals surface area contributed by atoms with Crippen LogP contribution < -0.4 is 15.5 Å². The predicted octanol–water partition coefficient (Wildman–Crippen LogP) is 4.67. The molecular weight excluding hydrogens is 338 g/mol. The van der Waals surface area contributed by atoms with E-state index in [9.17, 15) is 9.59 Å². The molecule has 0 bridgehead atoms. The molecule has 0 atom stereocenters. The molecule has 2 rings (SSSR count). The van der Waals surface area contributed by atoms with Gasteiger partial charge in [-0.25, -0.2) is 0 Å². The number of anilines is 3. The highest BCUT2D eigenvalue weighted by molar-refractivity contribution is 5.96. The topological polar surface area (TPSA) is 61.4 Å². The minimum Gasteiger partial charge on any atom is -0.362 e. The van der Waals surface area contributed by atoms with Crippen LogP contribution in [0.3, 0.4) is 0 Å². The smallest absolute Gasteiger partial charge is 0.243 e. The molecule has 0 heterocycles. The normalized spacial score (nSPS) is 10.3. The van der Waals surface area contributed by atoms with E-state index in [-0.39, 0.29) is 18.4 Å². The van der Waals surface area contributed by atoms with Crippen LogP contribution in [0.25, 0.3) is 0 Å². The average Bonchev–Trinajstić information content (AvgIpc) is 2.67. The summed E-state index contributed by atoms with van der Waals surface area (Å²) in [5.41, 5.74) is 2.39. The Balaban J connectivity index is 1.91. The number of nitrogens with zero attached hydrogens (tertiary/aromatic N) is 1. The Morgan fingerprint density at radius 3 is 2.15 bits per heavy atom. The SMILES string of the molecule is CCCCCC(=O)Nc1cccc(NC(=O)CN(CC)c2ccccc2)c1. The van der Waals surface area contributed by atoms with Crippen molar-refractivity contribution in [1.82, 2.24) is 0 Å². The lowest BCUT2D eigenvalue weighted by atomic mass is 10.2. The van der Waals surface area contributed by atoms with Crippen molar-refractivity contribution in [3.05, 3.63) is 54.6 Å². The molecule has 144 valence electrons. The number of carbonyl (C=O) groups is 2. The van der Waals surface area contributed by atoms with Gasteiger partial charge in [-0.05, 0) is 43.7 Å². The molecule has 0 saturated heterocycles. The van der Waals surface area contributed by atoms with Gasteiger partial charge < -0.3 is 15.5 Å². The van der Waals surface area contributed by atoms with Gasteiger partial charge in [0.1, 0.15) is 0 Å². The monoisotopic (exact) mass is 367 g/mol. The molecule has 2 amide bonds. The second kappa shape index (κ2) is 11.0. The van der Waals surface area contributed by atoms with Gasteiger partial charge in [0.2, 0.25) is 11.8 Å². The van der Waals surface area contributed by atoms with E-state index >= 15 is 0 Å². The molecule has 0 saturated carbocycles. The molecule has 0 aliphatic heterocycles. The van der Waals surface area contributed by atoms with E-state index in [2.05, 4.69) is 17.6 Å². The number of hydrogen-bond acceptors (Lipinski definition) is 3. The number of amides is 2. The molecule has 2 N–H and O–H groups in total. The van der Waals surface area contributed by atoms with Crippen LogP contribution in [0.2, 0.25) is 0 Å². The summed E-state index contributed by atoms with van der Waals surface area (Å²) in [5, 5.41) is 5.80.